The molecule has 0 aliphatic heterocycles. The second-order valence-corrected chi connectivity index (χ2v) is 23.4. The predicted octanol–water partition coefficient (Wildman–Crippen LogP) is 21.7. The van der Waals surface area contributed by atoms with Crippen LogP contribution in [0, 0.1) is 0 Å². The Morgan fingerprint density at radius 1 is 0.338 bits per heavy atom. The largest absolute Gasteiger partial charge is 0.394 e. The highest BCUT2D eigenvalue weighted by Crippen LogP contribution is 2.19. The Kier molecular flexibility index (Phi) is 62.9. The summed E-state index contributed by atoms with van der Waals surface area (Å²) in [7, 11) is 0. The predicted molar refractivity (Wildman–Crippen MR) is 328 cm³/mol. The fourth-order valence-electron chi connectivity index (χ4n) is 10.8. The van der Waals surface area contributed by atoms with Gasteiger partial charge >= 0.3 is 0 Å². The third-order valence-electron chi connectivity index (χ3n) is 16.0. The molecule has 0 aliphatic carbocycles. The SMILES string of the molecule is CCCCCCCCCCCCCCC/C=C\C/C=C\CCCCCCCCCCCCCCCCCCCC(=O)NC(CO)C(O)C(O)CCC/C=C/CCCCCCCCCCCCCCCCCCCC. The molecule has 0 aromatic heterocycles. The van der Waals surface area contributed by atoms with E-state index in [1.165, 1.54) is 302 Å². The van der Waals surface area contributed by atoms with Gasteiger partial charge in [-0.25, -0.2) is 0 Å². The molecule has 3 atom stereocenters. The van der Waals surface area contributed by atoms with Gasteiger partial charge in [0.2, 0.25) is 5.91 Å². The van der Waals surface area contributed by atoms with Crippen LogP contribution in [0.15, 0.2) is 36.5 Å². The molecule has 0 aliphatic rings. The molecule has 0 saturated carbocycles. The Labute approximate surface area is 464 Å². The molecule has 74 heavy (non-hydrogen) atoms. The number of rotatable bonds is 63. The van der Waals surface area contributed by atoms with Gasteiger partial charge in [-0.05, 0) is 70.6 Å². The quantitative estimate of drug-likeness (QED) is 0.0361. The fourth-order valence-corrected chi connectivity index (χ4v) is 10.8. The highest BCUT2D eigenvalue weighted by atomic mass is 16.3. The van der Waals surface area contributed by atoms with Crippen LogP contribution in [0.3, 0.4) is 0 Å². The Morgan fingerprint density at radius 3 is 0.865 bits per heavy atom. The molecule has 5 heteroatoms. The van der Waals surface area contributed by atoms with Crippen molar-refractivity contribution in [3.8, 4) is 0 Å². The average Bonchev–Trinajstić information content (AvgIpc) is 3.41. The molecule has 5 nitrogen and oxygen atoms in total. The number of amides is 1. The molecular formula is C69H133NO4. The second-order valence-electron chi connectivity index (χ2n) is 23.4. The maximum atomic E-state index is 12.6. The van der Waals surface area contributed by atoms with Crippen LogP contribution in [0.25, 0.3) is 0 Å². The molecule has 0 heterocycles. The van der Waals surface area contributed by atoms with Crippen LogP contribution in [-0.4, -0.2) is 46.1 Å². The lowest BCUT2D eigenvalue weighted by molar-refractivity contribution is -0.124. The van der Waals surface area contributed by atoms with Gasteiger partial charge in [0.25, 0.3) is 0 Å². The van der Waals surface area contributed by atoms with Gasteiger partial charge < -0.3 is 20.6 Å². The summed E-state index contributed by atoms with van der Waals surface area (Å²) in [5, 5.41) is 33.9. The molecule has 4 N–H and O–H groups in total. The summed E-state index contributed by atoms with van der Waals surface area (Å²) in [4.78, 5) is 12.6. The van der Waals surface area contributed by atoms with Gasteiger partial charge in [0.1, 0.15) is 6.10 Å². The summed E-state index contributed by atoms with van der Waals surface area (Å²) in [6.45, 7) is 4.22. The first-order valence-corrected chi connectivity index (χ1v) is 33.8. The summed E-state index contributed by atoms with van der Waals surface area (Å²) in [6.07, 6.45) is 85.0. The number of unbranched alkanes of at least 4 members (excludes halogenated alkanes) is 49. The summed E-state index contributed by atoms with van der Waals surface area (Å²) in [6, 6.07) is -0.827. The first-order valence-electron chi connectivity index (χ1n) is 33.8. The highest BCUT2D eigenvalue weighted by molar-refractivity contribution is 5.76. The minimum absolute atomic E-state index is 0.148. The zero-order valence-electron chi connectivity index (χ0n) is 50.3. The first kappa shape index (κ1) is 72.6. The van der Waals surface area contributed by atoms with E-state index in [0.717, 1.165) is 44.9 Å². The van der Waals surface area contributed by atoms with Gasteiger partial charge in [-0.2, -0.15) is 0 Å². The van der Waals surface area contributed by atoms with E-state index >= 15 is 0 Å². The number of allylic oxidation sites excluding steroid dienone is 6. The molecule has 0 fully saturated rings. The maximum Gasteiger partial charge on any atom is 0.220 e. The number of aliphatic hydroxyl groups excluding tert-OH is 3. The van der Waals surface area contributed by atoms with E-state index in [2.05, 4.69) is 55.6 Å². The summed E-state index contributed by atoms with van der Waals surface area (Å²) in [5.74, 6) is -0.148. The van der Waals surface area contributed by atoms with Crippen molar-refractivity contribution in [1.82, 2.24) is 5.32 Å². The van der Waals surface area contributed by atoms with Crippen molar-refractivity contribution < 1.29 is 20.1 Å². The molecule has 1 amide bonds. The Bertz CT molecular complexity index is 1150. The number of nitrogens with one attached hydrogen (secondary N) is 1. The smallest absolute Gasteiger partial charge is 0.220 e. The Balaban J connectivity index is 3.49. The zero-order chi connectivity index (χ0) is 53.6. The van der Waals surface area contributed by atoms with Crippen LogP contribution >= 0.6 is 0 Å². The number of hydrogen-bond acceptors (Lipinski definition) is 4. The van der Waals surface area contributed by atoms with Gasteiger partial charge in [0.15, 0.2) is 0 Å². The molecule has 0 aromatic rings. The summed E-state index contributed by atoms with van der Waals surface area (Å²) in [5.41, 5.74) is 0. The maximum absolute atomic E-state index is 12.6. The highest BCUT2D eigenvalue weighted by Gasteiger charge is 2.26. The topological polar surface area (TPSA) is 89.8 Å². The van der Waals surface area contributed by atoms with E-state index in [4.69, 9.17) is 0 Å². The molecule has 438 valence electrons. The van der Waals surface area contributed by atoms with Crippen LogP contribution < -0.4 is 5.32 Å². The van der Waals surface area contributed by atoms with E-state index in [0.29, 0.717) is 12.8 Å². The van der Waals surface area contributed by atoms with Gasteiger partial charge in [-0.3, -0.25) is 4.79 Å². The first-order chi connectivity index (χ1) is 36.6. The van der Waals surface area contributed by atoms with Crippen LogP contribution in [0.4, 0.5) is 0 Å². The van der Waals surface area contributed by atoms with E-state index in [1.54, 1.807) is 0 Å². The van der Waals surface area contributed by atoms with Crippen LogP contribution in [0.2, 0.25) is 0 Å². The van der Waals surface area contributed by atoms with E-state index in [-0.39, 0.29) is 12.5 Å². The lowest BCUT2D eigenvalue weighted by Crippen LogP contribution is -2.50. The molecule has 0 radical (unpaired) electrons. The molecule has 0 bridgehead atoms. The molecule has 0 saturated heterocycles. The number of hydrogen-bond donors (Lipinski definition) is 4. The van der Waals surface area contributed by atoms with Crippen molar-refractivity contribution in [1.29, 1.82) is 0 Å². The van der Waals surface area contributed by atoms with Crippen molar-refractivity contribution in [3.63, 3.8) is 0 Å². The van der Waals surface area contributed by atoms with Gasteiger partial charge in [0.05, 0.1) is 18.8 Å². The van der Waals surface area contributed by atoms with Crippen LogP contribution in [0.5, 0.6) is 0 Å². The third kappa shape index (κ3) is 58.3. The van der Waals surface area contributed by atoms with Gasteiger partial charge in [-0.15, -0.1) is 0 Å². The van der Waals surface area contributed by atoms with E-state index in [9.17, 15) is 20.1 Å². The van der Waals surface area contributed by atoms with Crippen LogP contribution in [-0.2, 0) is 4.79 Å². The lowest BCUT2D eigenvalue weighted by Gasteiger charge is -2.26. The van der Waals surface area contributed by atoms with E-state index < -0.39 is 18.2 Å². The molecule has 0 spiro atoms. The number of carbonyl (C=O) groups is 1. The standard InChI is InChI=1S/C69H133NO4/c1-3-5-7-9-11-13-15-17-19-21-23-25-27-28-29-30-31-32-33-34-35-36-37-38-39-40-42-44-46-48-50-52-54-56-58-60-62-64-68(73)70-66(65-71)69(74)67(72)63-61-59-57-55-53-51-49-47-45-43-41-26-24-22-20-18-16-14-12-10-8-6-4-2/h29-30,32-33,55,57,66-67,69,71-72,74H,3-28,31,34-54,56,58-65H2,1-2H3,(H,70,73)/b30-29-,33-32-,57-55+. The lowest BCUT2D eigenvalue weighted by atomic mass is 10.0. The summed E-state index contributed by atoms with van der Waals surface area (Å²) < 4.78 is 0. The minimum Gasteiger partial charge on any atom is -0.394 e. The molecule has 0 rings (SSSR count). The van der Waals surface area contributed by atoms with Crippen LogP contribution in [0.1, 0.15) is 373 Å². The minimum atomic E-state index is -1.16. The number of aliphatic hydroxyl groups is 3. The monoisotopic (exact) mass is 1040 g/mol. The van der Waals surface area contributed by atoms with Gasteiger partial charge in [-0.1, -0.05) is 333 Å². The van der Waals surface area contributed by atoms with Crippen molar-refractivity contribution in [2.45, 2.75) is 392 Å². The van der Waals surface area contributed by atoms with E-state index in [1.807, 2.05) is 0 Å². The van der Waals surface area contributed by atoms with Gasteiger partial charge in [0, 0.05) is 6.42 Å². The molecule has 0 aromatic carbocycles. The normalized spacial score (nSPS) is 13.3. The van der Waals surface area contributed by atoms with Crippen molar-refractivity contribution >= 4 is 5.91 Å². The van der Waals surface area contributed by atoms with Crippen molar-refractivity contribution in [2.24, 2.45) is 0 Å². The molecular weight excluding hydrogens is 907 g/mol. The molecule has 3 unspecified atom stereocenters. The average molecular weight is 1040 g/mol. The second kappa shape index (κ2) is 64.1. The Morgan fingerprint density at radius 2 is 0.581 bits per heavy atom. The fraction of sp³-hybridized carbons (Fsp3) is 0.899. The Hall–Kier alpha value is -1.43. The number of carbonyl (C=O) groups excluding carboxylic acids is 1. The van der Waals surface area contributed by atoms with Crippen molar-refractivity contribution in [2.75, 3.05) is 6.61 Å². The van der Waals surface area contributed by atoms with Crippen molar-refractivity contribution in [3.05, 3.63) is 36.5 Å². The summed E-state index contributed by atoms with van der Waals surface area (Å²) >= 11 is 0. The zero-order valence-corrected chi connectivity index (χ0v) is 50.3. The third-order valence-corrected chi connectivity index (χ3v) is 16.0.